The van der Waals surface area contributed by atoms with Crippen molar-refractivity contribution in [3.63, 3.8) is 0 Å². The maximum absolute atomic E-state index is 12.2. The highest BCUT2D eigenvalue weighted by Crippen LogP contribution is 2.24. The number of aromatic hydroxyl groups is 1. The predicted octanol–water partition coefficient (Wildman–Crippen LogP) is 2.03. The van der Waals surface area contributed by atoms with Crippen LogP contribution in [-0.2, 0) is 0 Å². The molecular weight excluding hydrogens is 252 g/mol. The minimum absolute atomic E-state index is 0.0283. The summed E-state index contributed by atoms with van der Waals surface area (Å²) >= 11 is 0. The highest BCUT2D eigenvalue weighted by atomic mass is 16.3. The molecule has 0 bridgehead atoms. The van der Waals surface area contributed by atoms with Gasteiger partial charge >= 0.3 is 0 Å². The number of carbonyl (C=O) groups is 1. The first-order chi connectivity index (χ1) is 9.74. The number of carbonyl (C=O) groups excluding carboxylic acids is 1. The van der Waals surface area contributed by atoms with Crippen LogP contribution in [-0.4, -0.2) is 30.1 Å². The molecular formula is C16H18N2O2. The van der Waals surface area contributed by atoms with Crippen molar-refractivity contribution < 1.29 is 9.90 Å². The molecule has 0 aliphatic carbocycles. The molecule has 1 aliphatic heterocycles. The van der Waals surface area contributed by atoms with Crippen molar-refractivity contribution in [1.82, 2.24) is 10.6 Å². The Labute approximate surface area is 117 Å². The van der Waals surface area contributed by atoms with Crippen molar-refractivity contribution in [2.45, 2.75) is 18.9 Å². The van der Waals surface area contributed by atoms with Gasteiger partial charge in [0, 0.05) is 12.6 Å². The van der Waals surface area contributed by atoms with E-state index in [2.05, 4.69) is 10.6 Å². The second kappa shape index (κ2) is 5.51. The van der Waals surface area contributed by atoms with Gasteiger partial charge in [0.2, 0.25) is 0 Å². The Bertz CT molecular complexity index is 633. The van der Waals surface area contributed by atoms with Crippen LogP contribution < -0.4 is 10.6 Å². The van der Waals surface area contributed by atoms with Gasteiger partial charge in [0.25, 0.3) is 5.91 Å². The van der Waals surface area contributed by atoms with Crippen molar-refractivity contribution >= 4 is 16.7 Å². The number of benzene rings is 2. The van der Waals surface area contributed by atoms with E-state index in [1.165, 1.54) is 0 Å². The number of amides is 1. The van der Waals surface area contributed by atoms with E-state index in [-0.39, 0.29) is 11.7 Å². The minimum Gasteiger partial charge on any atom is -0.507 e. The highest BCUT2D eigenvalue weighted by molar-refractivity contribution is 6.01. The summed E-state index contributed by atoms with van der Waals surface area (Å²) in [4.78, 5) is 12.2. The van der Waals surface area contributed by atoms with Crippen molar-refractivity contribution in [3.8, 4) is 5.75 Å². The summed E-state index contributed by atoms with van der Waals surface area (Å²) in [5.41, 5.74) is 0.335. The van der Waals surface area contributed by atoms with Gasteiger partial charge in [-0.3, -0.25) is 4.79 Å². The summed E-state index contributed by atoms with van der Waals surface area (Å²) in [5.74, 6) is -0.192. The zero-order valence-electron chi connectivity index (χ0n) is 11.2. The normalized spacial score (nSPS) is 18.3. The molecule has 104 valence electrons. The van der Waals surface area contributed by atoms with Crippen LogP contribution in [0, 0.1) is 0 Å². The molecule has 3 rings (SSSR count). The lowest BCUT2D eigenvalue weighted by Gasteiger charge is -2.12. The van der Waals surface area contributed by atoms with E-state index in [4.69, 9.17) is 0 Å². The molecule has 2 aromatic rings. The smallest absolute Gasteiger partial charge is 0.255 e. The molecule has 0 radical (unpaired) electrons. The van der Waals surface area contributed by atoms with Crippen molar-refractivity contribution in [2.75, 3.05) is 13.1 Å². The first-order valence-corrected chi connectivity index (χ1v) is 6.97. The van der Waals surface area contributed by atoms with Gasteiger partial charge in [-0.05, 0) is 42.3 Å². The van der Waals surface area contributed by atoms with Crippen LogP contribution in [0.1, 0.15) is 23.2 Å². The van der Waals surface area contributed by atoms with E-state index < -0.39 is 0 Å². The van der Waals surface area contributed by atoms with E-state index in [1.54, 1.807) is 12.1 Å². The van der Waals surface area contributed by atoms with E-state index in [1.807, 2.05) is 24.3 Å². The topological polar surface area (TPSA) is 61.4 Å². The lowest BCUT2D eigenvalue weighted by molar-refractivity contribution is 0.0948. The van der Waals surface area contributed by atoms with Crippen molar-refractivity contribution in [2.24, 2.45) is 0 Å². The first-order valence-electron chi connectivity index (χ1n) is 6.97. The van der Waals surface area contributed by atoms with Crippen molar-refractivity contribution in [1.29, 1.82) is 0 Å². The fourth-order valence-corrected chi connectivity index (χ4v) is 2.65. The molecule has 4 nitrogen and oxygen atoms in total. The van der Waals surface area contributed by atoms with Gasteiger partial charge in [0.05, 0.1) is 5.56 Å². The van der Waals surface area contributed by atoms with Gasteiger partial charge in [-0.15, -0.1) is 0 Å². The largest absolute Gasteiger partial charge is 0.507 e. The van der Waals surface area contributed by atoms with Crippen LogP contribution in [0.2, 0.25) is 0 Å². The molecule has 1 amide bonds. The standard InChI is InChI=1S/C16H18N2O2/c19-15-9-12-5-2-1-4-11(12)8-14(15)16(20)18-10-13-6-3-7-17-13/h1-2,4-5,8-9,13,17,19H,3,6-7,10H2,(H,18,20)/t13-/m0/s1. The number of phenols is 1. The Morgan fingerprint density at radius 2 is 2.05 bits per heavy atom. The average Bonchev–Trinajstić information content (AvgIpc) is 2.97. The molecule has 1 saturated heterocycles. The molecule has 2 aromatic carbocycles. The van der Waals surface area contributed by atoms with Crippen LogP contribution in [0.4, 0.5) is 0 Å². The Kier molecular flexibility index (Phi) is 3.56. The highest BCUT2D eigenvalue weighted by Gasteiger charge is 2.17. The maximum Gasteiger partial charge on any atom is 0.255 e. The van der Waals surface area contributed by atoms with E-state index in [0.717, 1.165) is 30.2 Å². The molecule has 20 heavy (non-hydrogen) atoms. The van der Waals surface area contributed by atoms with Gasteiger partial charge in [0.1, 0.15) is 5.75 Å². The van der Waals surface area contributed by atoms with Crippen LogP contribution in [0.3, 0.4) is 0 Å². The van der Waals surface area contributed by atoms with Crippen LogP contribution in [0.5, 0.6) is 5.75 Å². The quantitative estimate of drug-likeness (QED) is 0.799. The Morgan fingerprint density at radius 3 is 2.75 bits per heavy atom. The second-order valence-corrected chi connectivity index (χ2v) is 5.22. The van der Waals surface area contributed by atoms with Gasteiger partial charge in [-0.25, -0.2) is 0 Å². The Balaban J connectivity index is 1.77. The molecule has 0 aromatic heterocycles. The monoisotopic (exact) mass is 270 g/mol. The summed E-state index contributed by atoms with van der Waals surface area (Å²) in [6, 6.07) is 11.4. The summed E-state index contributed by atoms with van der Waals surface area (Å²) in [5, 5.41) is 18.1. The summed E-state index contributed by atoms with van der Waals surface area (Å²) < 4.78 is 0. The van der Waals surface area contributed by atoms with E-state index in [0.29, 0.717) is 18.2 Å². The first kappa shape index (κ1) is 12.9. The van der Waals surface area contributed by atoms with E-state index in [9.17, 15) is 9.90 Å². The van der Waals surface area contributed by atoms with Crippen molar-refractivity contribution in [3.05, 3.63) is 42.0 Å². The molecule has 1 atom stereocenters. The third-order valence-corrected chi connectivity index (χ3v) is 3.78. The third-order valence-electron chi connectivity index (χ3n) is 3.78. The van der Waals surface area contributed by atoms with Crippen LogP contribution in [0.25, 0.3) is 10.8 Å². The zero-order valence-corrected chi connectivity index (χ0v) is 11.2. The number of nitrogens with one attached hydrogen (secondary N) is 2. The Morgan fingerprint density at radius 1 is 1.30 bits per heavy atom. The number of rotatable bonds is 3. The van der Waals surface area contributed by atoms with Crippen LogP contribution >= 0.6 is 0 Å². The van der Waals surface area contributed by atoms with Gasteiger partial charge in [-0.1, -0.05) is 24.3 Å². The third kappa shape index (κ3) is 2.60. The second-order valence-electron chi connectivity index (χ2n) is 5.22. The number of phenolic OH excluding ortho intramolecular Hbond substituents is 1. The van der Waals surface area contributed by atoms with Gasteiger partial charge < -0.3 is 15.7 Å². The van der Waals surface area contributed by atoms with Gasteiger partial charge in [0.15, 0.2) is 0 Å². The summed E-state index contributed by atoms with van der Waals surface area (Å²) in [6.07, 6.45) is 2.24. The van der Waals surface area contributed by atoms with Crippen LogP contribution in [0.15, 0.2) is 36.4 Å². The average molecular weight is 270 g/mol. The molecule has 1 heterocycles. The lowest BCUT2D eigenvalue weighted by Crippen LogP contribution is -2.37. The maximum atomic E-state index is 12.2. The van der Waals surface area contributed by atoms with Gasteiger partial charge in [-0.2, -0.15) is 0 Å². The molecule has 1 fully saturated rings. The SMILES string of the molecule is O=C(NC[C@@H]1CCCN1)c1cc2ccccc2cc1O. The van der Waals surface area contributed by atoms with E-state index >= 15 is 0 Å². The molecule has 1 aliphatic rings. The lowest BCUT2D eigenvalue weighted by atomic mass is 10.1. The molecule has 0 unspecified atom stereocenters. The summed E-state index contributed by atoms with van der Waals surface area (Å²) in [6.45, 7) is 1.62. The molecule has 3 N–H and O–H groups in total. The fraction of sp³-hybridized carbons (Fsp3) is 0.312. The fourth-order valence-electron chi connectivity index (χ4n) is 2.65. The zero-order chi connectivity index (χ0) is 13.9. The summed E-state index contributed by atoms with van der Waals surface area (Å²) in [7, 11) is 0. The molecule has 0 saturated carbocycles. The predicted molar refractivity (Wildman–Crippen MR) is 79.0 cm³/mol. The number of hydrogen-bond donors (Lipinski definition) is 3. The Hall–Kier alpha value is -2.07. The number of hydrogen-bond acceptors (Lipinski definition) is 3. The number of fused-ring (bicyclic) bond motifs is 1. The molecule has 0 spiro atoms. The molecule has 4 heteroatoms. The minimum atomic E-state index is -0.220.